The highest BCUT2D eigenvalue weighted by molar-refractivity contribution is 5.96. The number of hydrogen-bond acceptors (Lipinski definition) is 3. The van der Waals surface area contributed by atoms with E-state index in [-0.39, 0.29) is 5.91 Å². The van der Waals surface area contributed by atoms with Crippen molar-refractivity contribution in [1.29, 1.82) is 0 Å². The summed E-state index contributed by atoms with van der Waals surface area (Å²) in [7, 11) is 0. The third kappa shape index (κ3) is 3.42. The number of H-pyrrole nitrogens is 1. The summed E-state index contributed by atoms with van der Waals surface area (Å²) in [4.78, 5) is 22.7. The Kier molecular flexibility index (Phi) is 4.84. The van der Waals surface area contributed by atoms with Gasteiger partial charge in [-0.15, -0.1) is 0 Å². The number of rotatable bonds is 4. The second kappa shape index (κ2) is 7.43. The zero-order valence-corrected chi connectivity index (χ0v) is 15.9. The molecule has 0 saturated carbocycles. The van der Waals surface area contributed by atoms with Gasteiger partial charge in [-0.2, -0.15) is 0 Å². The summed E-state index contributed by atoms with van der Waals surface area (Å²) < 4.78 is 5.60. The molecule has 5 nitrogen and oxygen atoms in total. The van der Waals surface area contributed by atoms with E-state index >= 15 is 0 Å². The Balaban J connectivity index is 1.49. The van der Waals surface area contributed by atoms with Crippen LogP contribution in [0, 0.1) is 6.92 Å². The van der Waals surface area contributed by atoms with E-state index in [0.29, 0.717) is 24.0 Å². The number of benzene rings is 1. The molecule has 1 N–H and O–H groups in total. The fraction of sp³-hybridized carbons (Fsp3) is 0.364. The minimum atomic E-state index is 0.0170. The quantitative estimate of drug-likeness (QED) is 0.752. The molecule has 0 aliphatic carbocycles. The number of aromatic nitrogens is 2. The van der Waals surface area contributed by atoms with E-state index in [4.69, 9.17) is 4.74 Å². The molecule has 4 rings (SSSR count). The number of aromatic amines is 1. The van der Waals surface area contributed by atoms with E-state index in [1.165, 1.54) is 16.5 Å². The van der Waals surface area contributed by atoms with Gasteiger partial charge in [0.05, 0.1) is 6.61 Å². The van der Waals surface area contributed by atoms with Crippen molar-refractivity contribution in [3.63, 3.8) is 0 Å². The molecule has 0 unspecified atom stereocenters. The van der Waals surface area contributed by atoms with E-state index in [9.17, 15) is 4.79 Å². The Morgan fingerprint density at radius 1 is 1.22 bits per heavy atom. The molecule has 3 heterocycles. The smallest absolute Gasteiger partial charge is 0.259 e. The molecule has 140 valence electrons. The Morgan fingerprint density at radius 3 is 2.78 bits per heavy atom. The second-order valence-electron chi connectivity index (χ2n) is 7.09. The Labute approximate surface area is 159 Å². The molecule has 27 heavy (non-hydrogen) atoms. The van der Waals surface area contributed by atoms with Crippen LogP contribution in [0.2, 0.25) is 0 Å². The van der Waals surface area contributed by atoms with Crippen LogP contribution in [0.1, 0.15) is 47.3 Å². The minimum Gasteiger partial charge on any atom is -0.477 e. The highest BCUT2D eigenvalue weighted by atomic mass is 16.5. The monoisotopic (exact) mass is 363 g/mol. The lowest BCUT2D eigenvalue weighted by atomic mass is 9.89. The fourth-order valence-electron chi connectivity index (χ4n) is 3.94. The summed E-state index contributed by atoms with van der Waals surface area (Å²) in [5.41, 5.74) is 3.96. The molecule has 0 atom stereocenters. The number of hydrogen-bond donors (Lipinski definition) is 1. The number of para-hydroxylation sites is 1. The maximum Gasteiger partial charge on any atom is 0.259 e. The zero-order chi connectivity index (χ0) is 18.8. The maximum atomic E-state index is 13.0. The van der Waals surface area contributed by atoms with Gasteiger partial charge < -0.3 is 14.6 Å². The largest absolute Gasteiger partial charge is 0.477 e. The van der Waals surface area contributed by atoms with Crippen molar-refractivity contribution >= 4 is 16.8 Å². The van der Waals surface area contributed by atoms with Crippen molar-refractivity contribution in [2.75, 3.05) is 19.7 Å². The SMILES string of the molecule is CCOc1nc(C)ccc1C(=O)N1CCC(c2c[nH]c3ccccc23)CC1. The lowest BCUT2D eigenvalue weighted by Gasteiger charge is -2.32. The van der Waals surface area contributed by atoms with E-state index in [2.05, 4.69) is 40.4 Å². The molecule has 1 aliphatic rings. The highest BCUT2D eigenvalue weighted by Gasteiger charge is 2.27. The number of nitrogens with zero attached hydrogens (tertiary/aromatic N) is 2. The number of fused-ring (bicyclic) bond motifs is 1. The molecule has 0 bridgehead atoms. The first-order chi connectivity index (χ1) is 13.2. The molecule has 1 aromatic carbocycles. The normalized spacial score (nSPS) is 15.3. The van der Waals surface area contributed by atoms with Crippen molar-refractivity contribution in [2.24, 2.45) is 0 Å². The van der Waals surface area contributed by atoms with Crippen LogP contribution in [0.15, 0.2) is 42.6 Å². The number of piperidine rings is 1. The van der Waals surface area contributed by atoms with Gasteiger partial charge >= 0.3 is 0 Å². The summed E-state index contributed by atoms with van der Waals surface area (Å²) in [6.45, 7) is 5.82. The second-order valence-corrected chi connectivity index (χ2v) is 7.09. The van der Waals surface area contributed by atoms with Gasteiger partial charge in [-0.3, -0.25) is 4.79 Å². The van der Waals surface area contributed by atoms with Gasteiger partial charge in [-0.05, 0) is 56.4 Å². The molecular weight excluding hydrogens is 338 g/mol. The number of carbonyl (C=O) groups is 1. The molecule has 1 fully saturated rings. The van der Waals surface area contributed by atoms with Crippen LogP contribution in [0.3, 0.4) is 0 Å². The van der Waals surface area contributed by atoms with Crippen LogP contribution in [-0.4, -0.2) is 40.5 Å². The van der Waals surface area contributed by atoms with Crippen LogP contribution in [0.4, 0.5) is 0 Å². The number of pyridine rings is 1. The topological polar surface area (TPSA) is 58.2 Å². The van der Waals surface area contributed by atoms with Crippen LogP contribution in [0.25, 0.3) is 10.9 Å². The van der Waals surface area contributed by atoms with Crippen LogP contribution in [-0.2, 0) is 0 Å². The summed E-state index contributed by atoms with van der Waals surface area (Å²) in [6.07, 6.45) is 4.07. The summed E-state index contributed by atoms with van der Waals surface area (Å²) in [5.74, 6) is 0.942. The highest BCUT2D eigenvalue weighted by Crippen LogP contribution is 2.33. The van der Waals surface area contributed by atoms with Crippen LogP contribution in [0.5, 0.6) is 5.88 Å². The van der Waals surface area contributed by atoms with E-state index in [0.717, 1.165) is 31.6 Å². The van der Waals surface area contributed by atoms with Crippen LogP contribution < -0.4 is 4.74 Å². The Hall–Kier alpha value is -2.82. The van der Waals surface area contributed by atoms with Gasteiger partial charge in [-0.25, -0.2) is 4.98 Å². The molecule has 0 spiro atoms. The Morgan fingerprint density at radius 2 is 2.00 bits per heavy atom. The molecule has 0 radical (unpaired) electrons. The number of carbonyl (C=O) groups excluding carboxylic acids is 1. The van der Waals surface area contributed by atoms with E-state index in [1.54, 1.807) is 0 Å². The van der Waals surface area contributed by atoms with Gasteiger partial charge in [0.25, 0.3) is 5.91 Å². The first-order valence-electron chi connectivity index (χ1n) is 9.63. The third-order valence-corrected chi connectivity index (χ3v) is 5.35. The van der Waals surface area contributed by atoms with Gasteiger partial charge in [0.15, 0.2) is 0 Å². The predicted molar refractivity (Wildman–Crippen MR) is 106 cm³/mol. The molecule has 2 aromatic heterocycles. The van der Waals surface area contributed by atoms with Gasteiger partial charge in [0.1, 0.15) is 5.56 Å². The first kappa shape index (κ1) is 17.6. The molecule has 1 saturated heterocycles. The summed E-state index contributed by atoms with van der Waals surface area (Å²) in [5, 5.41) is 1.30. The third-order valence-electron chi connectivity index (χ3n) is 5.35. The summed E-state index contributed by atoms with van der Waals surface area (Å²) in [6, 6.07) is 12.1. The molecule has 5 heteroatoms. The summed E-state index contributed by atoms with van der Waals surface area (Å²) >= 11 is 0. The van der Waals surface area contributed by atoms with Crippen molar-refractivity contribution in [2.45, 2.75) is 32.6 Å². The van der Waals surface area contributed by atoms with Gasteiger partial charge in [0.2, 0.25) is 5.88 Å². The number of nitrogens with one attached hydrogen (secondary N) is 1. The number of ether oxygens (including phenoxy) is 1. The van der Waals surface area contributed by atoms with Crippen molar-refractivity contribution in [1.82, 2.24) is 14.9 Å². The van der Waals surface area contributed by atoms with Crippen LogP contribution >= 0.6 is 0 Å². The molecule has 3 aromatic rings. The molecule has 1 amide bonds. The average Bonchev–Trinajstić information content (AvgIpc) is 3.12. The Bertz CT molecular complexity index is 955. The first-order valence-corrected chi connectivity index (χ1v) is 9.63. The standard InChI is InChI=1S/C22H25N3O2/c1-3-27-21-18(9-8-15(2)24-21)22(26)25-12-10-16(11-13-25)19-14-23-20-7-5-4-6-17(19)20/h4-9,14,16,23H,3,10-13H2,1-2H3. The molecule has 1 aliphatic heterocycles. The minimum absolute atomic E-state index is 0.0170. The maximum absolute atomic E-state index is 13.0. The zero-order valence-electron chi connectivity index (χ0n) is 15.9. The lowest BCUT2D eigenvalue weighted by molar-refractivity contribution is 0.0708. The average molecular weight is 363 g/mol. The molecular formula is C22H25N3O2. The van der Waals surface area contributed by atoms with E-state index in [1.807, 2.05) is 30.9 Å². The predicted octanol–water partition coefficient (Wildman–Crippen LogP) is 4.29. The van der Waals surface area contributed by atoms with Gasteiger partial charge in [0, 0.05) is 35.9 Å². The van der Waals surface area contributed by atoms with Crippen molar-refractivity contribution in [3.05, 3.63) is 59.4 Å². The van der Waals surface area contributed by atoms with Crippen molar-refractivity contribution in [3.8, 4) is 5.88 Å². The number of amides is 1. The lowest BCUT2D eigenvalue weighted by Crippen LogP contribution is -2.38. The van der Waals surface area contributed by atoms with E-state index < -0.39 is 0 Å². The number of aryl methyl sites for hydroxylation is 1. The van der Waals surface area contributed by atoms with Gasteiger partial charge in [-0.1, -0.05) is 18.2 Å². The van der Waals surface area contributed by atoms with Crippen molar-refractivity contribution < 1.29 is 9.53 Å². The fourth-order valence-corrected chi connectivity index (χ4v) is 3.94. The number of likely N-dealkylation sites (tertiary alicyclic amines) is 1.